The number of hydrogen-bond donors (Lipinski definition) is 1. The van der Waals surface area contributed by atoms with Crippen molar-refractivity contribution in [2.24, 2.45) is 0 Å². The number of aromatic nitrogens is 1. The standard InChI is InChI=1S/C22H26N4O2S/c1-15-6-5-7-18(16(15)2)24-21(27)19-13-29-14-26(19)22(28)17-8-9-20(23-12-17)25-10-3-4-11-25/h5-9,12,19H,3-4,10-11,13-14H2,1-2H3,(H,24,27)/t19-/m1/s1. The Morgan fingerprint density at radius 2 is 1.93 bits per heavy atom. The third kappa shape index (κ3) is 4.10. The molecule has 2 aromatic rings. The number of rotatable bonds is 4. The molecule has 0 radical (unpaired) electrons. The molecule has 6 nitrogen and oxygen atoms in total. The lowest BCUT2D eigenvalue weighted by Gasteiger charge is -2.24. The summed E-state index contributed by atoms with van der Waals surface area (Å²) in [6, 6.07) is 9.10. The Morgan fingerprint density at radius 3 is 2.66 bits per heavy atom. The third-order valence-corrected chi connectivity index (χ3v) is 6.75. The Bertz CT molecular complexity index is 910. The maximum atomic E-state index is 13.0. The van der Waals surface area contributed by atoms with Gasteiger partial charge in [-0.15, -0.1) is 11.8 Å². The van der Waals surface area contributed by atoms with Gasteiger partial charge in [0, 0.05) is 30.7 Å². The summed E-state index contributed by atoms with van der Waals surface area (Å²) in [5, 5.41) is 3.01. The number of carbonyl (C=O) groups is 2. The van der Waals surface area contributed by atoms with E-state index in [1.165, 1.54) is 12.8 Å². The van der Waals surface area contributed by atoms with Gasteiger partial charge in [0.1, 0.15) is 11.9 Å². The Balaban J connectivity index is 1.46. The molecule has 2 fully saturated rings. The van der Waals surface area contributed by atoms with Crippen LogP contribution >= 0.6 is 11.8 Å². The fourth-order valence-corrected chi connectivity index (χ4v) is 4.93. The van der Waals surface area contributed by atoms with Crippen LogP contribution in [-0.2, 0) is 4.79 Å². The average Bonchev–Trinajstić information content (AvgIpc) is 3.43. The number of nitrogens with one attached hydrogen (secondary N) is 1. The van der Waals surface area contributed by atoms with E-state index < -0.39 is 6.04 Å². The summed E-state index contributed by atoms with van der Waals surface area (Å²) in [4.78, 5) is 34.3. The molecule has 2 amide bonds. The first kappa shape index (κ1) is 19.8. The van der Waals surface area contributed by atoms with Crippen molar-refractivity contribution in [2.45, 2.75) is 32.7 Å². The molecule has 0 bridgehead atoms. The zero-order valence-corrected chi connectivity index (χ0v) is 17.7. The first-order chi connectivity index (χ1) is 14.0. The second-order valence-corrected chi connectivity index (χ2v) is 8.63. The third-order valence-electron chi connectivity index (χ3n) is 5.73. The predicted molar refractivity (Wildman–Crippen MR) is 118 cm³/mol. The smallest absolute Gasteiger partial charge is 0.256 e. The second-order valence-electron chi connectivity index (χ2n) is 7.63. The van der Waals surface area contributed by atoms with E-state index in [9.17, 15) is 9.59 Å². The van der Waals surface area contributed by atoms with E-state index in [2.05, 4.69) is 15.2 Å². The molecule has 1 aromatic carbocycles. The molecule has 7 heteroatoms. The number of anilines is 2. The van der Waals surface area contributed by atoms with Gasteiger partial charge in [0.2, 0.25) is 5.91 Å². The van der Waals surface area contributed by atoms with Gasteiger partial charge in [0.05, 0.1) is 11.4 Å². The van der Waals surface area contributed by atoms with Gasteiger partial charge < -0.3 is 15.1 Å². The average molecular weight is 411 g/mol. The minimum Gasteiger partial charge on any atom is -0.357 e. The van der Waals surface area contributed by atoms with Crippen LogP contribution in [0.4, 0.5) is 11.5 Å². The van der Waals surface area contributed by atoms with Crippen LogP contribution < -0.4 is 10.2 Å². The zero-order chi connectivity index (χ0) is 20.4. The lowest BCUT2D eigenvalue weighted by atomic mass is 10.1. The van der Waals surface area contributed by atoms with Gasteiger partial charge >= 0.3 is 0 Å². The molecule has 0 aliphatic carbocycles. The minimum absolute atomic E-state index is 0.140. The summed E-state index contributed by atoms with van der Waals surface area (Å²) in [6.07, 6.45) is 4.01. The van der Waals surface area contributed by atoms with E-state index in [0.29, 0.717) is 17.2 Å². The normalized spacial score (nSPS) is 18.9. The predicted octanol–water partition coefficient (Wildman–Crippen LogP) is 3.45. The highest BCUT2D eigenvalue weighted by Crippen LogP contribution is 2.26. The van der Waals surface area contributed by atoms with Crippen LogP contribution in [-0.4, -0.2) is 52.5 Å². The molecule has 3 heterocycles. The molecule has 1 atom stereocenters. The molecular weight excluding hydrogens is 384 g/mol. The summed E-state index contributed by atoms with van der Waals surface area (Å²) < 4.78 is 0. The van der Waals surface area contributed by atoms with Crippen LogP contribution in [0, 0.1) is 13.8 Å². The molecule has 2 saturated heterocycles. The fraction of sp³-hybridized carbons (Fsp3) is 0.409. The minimum atomic E-state index is -0.481. The van der Waals surface area contributed by atoms with Gasteiger partial charge in [-0.2, -0.15) is 0 Å². The Labute approximate surface area is 175 Å². The van der Waals surface area contributed by atoms with E-state index in [1.807, 2.05) is 44.2 Å². The number of hydrogen-bond acceptors (Lipinski definition) is 5. The first-order valence-corrected chi connectivity index (χ1v) is 11.2. The van der Waals surface area contributed by atoms with Gasteiger partial charge in [0.15, 0.2) is 0 Å². The van der Waals surface area contributed by atoms with Gasteiger partial charge in [-0.05, 0) is 56.0 Å². The van der Waals surface area contributed by atoms with E-state index in [4.69, 9.17) is 0 Å². The summed E-state index contributed by atoms with van der Waals surface area (Å²) in [6.45, 7) is 6.04. The lowest BCUT2D eigenvalue weighted by Crippen LogP contribution is -2.44. The highest BCUT2D eigenvalue weighted by Gasteiger charge is 2.35. The largest absolute Gasteiger partial charge is 0.357 e. The quantitative estimate of drug-likeness (QED) is 0.836. The van der Waals surface area contributed by atoms with Gasteiger partial charge in [-0.1, -0.05) is 12.1 Å². The fourth-order valence-electron chi connectivity index (χ4n) is 3.77. The van der Waals surface area contributed by atoms with Crippen LogP contribution in [0.15, 0.2) is 36.5 Å². The lowest BCUT2D eigenvalue weighted by molar-refractivity contribution is -0.119. The van der Waals surface area contributed by atoms with Crippen molar-refractivity contribution < 1.29 is 9.59 Å². The maximum absolute atomic E-state index is 13.0. The number of amides is 2. The van der Waals surface area contributed by atoms with Crippen molar-refractivity contribution >= 4 is 35.1 Å². The molecule has 29 heavy (non-hydrogen) atoms. The van der Waals surface area contributed by atoms with E-state index in [-0.39, 0.29) is 11.8 Å². The summed E-state index contributed by atoms with van der Waals surface area (Å²) in [5.74, 6) is 1.74. The Kier molecular flexibility index (Phi) is 5.76. The Morgan fingerprint density at radius 1 is 1.14 bits per heavy atom. The van der Waals surface area contributed by atoms with Crippen LogP contribution in [0.25, 0.3) is 0 Å². The van der Waals surface area contributed by atoms with Crippen LogP contribution in [0.2, 0.25) is 0 Å². The van der Waals surface area contributed by atoms with Crippen molar-refractivity contribution in [2.75, 3.05) is 34.9 Å². The van der Waals surface area contributed by atoms with Gasteiger partial charge in [-0.25, -0.2) is 4.98 Å². The SMILES string of the molecule is Cc1cccc(NC(=O)[C@H]2CSCN2C(=O)c2ccc(N3CCCC3)nc2)c1C. The number of carbonyl (C=O) groups excluding carboxylic acids is 2. The highest BCUT2D eigenvalue weighted by molar-refractivity contribution is 7.99. The number of nitrogens with zero attached hydrogens (tertiary/aromatic N) is 3. The molecule has 2 aliphatic rings. The molecule has 0 unspecified atom stereocenters. The topological polar surface area (TPSA) is 65.5 Å². The van der Waals surface area contributed by atoms with Crippen LogP contribution in [0.3, 0.4) is 0 Å². The zero-order valence-electron chi connectivity index (χ0n) is 16.9. The maximum Gasteiger partial charge on any atom is 0.256 e. The molecule has 152 valence electrons. The summed E-state index contributed by atoms with van der Waals surface area (Å²) >= 11 is 1.60. The molecule has 0 saturated carbocycles. The number of aryl methyl sites for hydroxylation is 1. The monoisotopic (exact) mass is 410 g/mol. The van der Waals surface area contributed by atoms with Crippen molar-refractivity contribution in [3.8, 4) is 0 Å². The summed E-state index contributed by atoms with van der Waals surface area (Å²) in [5.41, 5.74) is 3.50. The number of pyridine rings is 1. The van der Waals surface area contributed by atoms with E-state index >= 15 is 0 Å². The molecule has 4 rings (SSSR count). The summed E-state index contributed by atoms with van der Waals surface area (Å²) in [7, 11) is 0. The molecular formula is C22H26N4O2S. The van der Waals surface area contributed by atoms with Crippen molar-refractivity contribution in [3.63, 3.8) is 0 Å². The molecule has 2 aliphatic heterocycles. The first-order valence-electron chi connectivity index (χ1n) is 10.0. The van der Waals surface area contributed by atoms with E-state index in [1.54, 1.807) is 22.9 Å². The molecule has 1 N–H and O–H groups in total. The van der Waals surface area contributed by atoms with E-state index in [0.717, 1.165) is 35.7 Å². The molecule has 0 spiro atoms. The number of benzene rings is 1. The van der Waals surface area contributed by atoms with Crippen molar-refractivity contribution in [1.82, 2.24) is 9.88 Å². The number of thioether (sulfide) groups is 1. The van der Waals surface area contributed by atoms with Crippen molar-refractivity contribution in [1.29, 1.82) is 0 Å². The van der Waals surface area contributed by atoms with Crippen LogP contribution in [0.5, 0.6) is 0 Å². The second kappa shape index (κ2) is 8.45. The van der Waals surface area contributed by atoms with Crippen molar-refractivity contribution in [3.05, 3.63) is 53.2 Å². The van der Waals surface area contributed by atoms with Crippen LogP contribution in [0.1, 0.15) is 34.3 Å². The van der Waals surface area contributed by atoms with Gasteiger partial charge in [0.25, 0.3) is 5.91 Å². The molecule has 1 aromatic heterocycles. The Hall–Kier alpha value is -2.54. The highest BCUT2D eigenvalue weighted by atomic mass is 32.2. The van der Waals surface area contributed by atoms with Gasteiger partial charge in [-0.3, -0.25) is 9.59 Å².